The maximum atomic E-state index is 7.08. The molecule has 0 saturated carbocycles. The fraction of sp³-hybridized carbons (Fsp3) is 0.0357. The lowest BCUT2D eigenvalue weighted by atomic mass is 9.68. The Morgan fingerprint density at radius 2 is 0.675 bits per heavy atom. The molecule has 2 aliphatic rings. The lowest BCUT2D eigenvalue weighted by Crippen LogP contribution is -2.28. The molecule has 0 fully saturated rings. The summed E-state index contributed by atoms with van der Waals surface area (Å²) in [5, 5.41) is 6.73. The molecule has 0 saturated heterocycles. The summed E-state index contributed by atoms with van der Waals surface area (Å²) in [4.78, 5) is 4.86. The van der Waals surface area contributed by atoms with E-state index in [0.29, 0.717) is 0 Å². The van der Waals surface area contributed by atoms with Gasteiger partial charge in [0.2, 0.25) is 0 Å². The zero-order valence-electron chi connectivity index (χ0n) is 64.5. The van der Waals surface area contributed by atoms with Crippen LogP contribution in [-0.4, -0.2) is 4.57 Å². The number of furan rings is 2. The summed E-state index contributed by atoms with van der Waals surface area (Å²) in [6.45, 7) is 4.72. The van der Waals surface area contributed by atoms with Crippen molar-refractivity contribution in [3.8, 4) is 83.6 Å². The Balaban J connectivity index is 0.568. The highest BCUT2D eigenvalue weighted by Gasteiger charge is 2.47. The van der Waals surface area contributed by atoms with E-state index in [9.17, 15) is 0 Å². The number of hydrogen-bond acceptors (Lipinski definition) is 4. The first-order valence-electron chi connectivity index (χ1n) is 40.4. The molecule has 0 spiro atoms. The van der Waals surface area contributed by atoms with Crippen LogP contribution >= 0.6 is 0 Å². The molecule has 3 heterocycles. The molecule has 3 aromatic heterocycles. The minimum Gasteiger partial charge on any atom is -0.455 e. The standard InChI is InChI=1S/C112H75N3O2/c1-111(2)99-39-18-15-32-90(99)91-65-63-87(71-102(91)111)113(83-55-46-74(47-56-83)77-53-66-104-97(68-77)92-33-17-20-42-103(92)115(104)82-30-13-6-14-31-82)84-59-48-75(49-60-84)89-36-22-38-95-98-69-78(54-67-106(98)116-110(89)95)79-52-64-93-94-37-21-35-88(109(94)117-107(93)70-79)76-50-61-86(62-51-76)114(85-57-44-73(45-58-85)72-24-7-3-8-25-72)105-43-23-41-101-108(105)96-34-16-19-40-100(96)112(101,80-26-9-4-10-27-80)81-28-11-5-12-29-81/h3-71H,1-2H3. The second kappa shape index (κ2) is 26.8. The van der Waals surface area contributed by atoms with Crippen molar-refractivity contribution < 1.29 is 8.83 Å². The molecule has 18 aromatic carbocycles. The Morgan fingerprint density at radius 3 is 1.34 bits per heavy atom. The van der Waals surface area contributed by atoms with Gasteiger partial charge in [-0.2, -0.15) is 0 Å². The van der Waals surface area contributed by atoms with Gasteiger partial charge >= 0.3 is 0 Å². The van der Waals surface area contributed by atoms with Crippen LogP contribution in [0, 0.1) is 0 Å². The van der Waals surface area contributed by atoms with Gasteiger partial charge in [-0.1, -0.05) is 311 Å². The minimum absolute atomic E-state index is 0.173. The highest BCUT2D eigenvalue weighted by Crippen LogP contribution is 2.60. The number of aromatic nitrogens is 1. The van der Waals surface area contributed by atoms with Gasteiger partial charge < -0.3 is 23.2 Å². The maximum Gasteiger partial charge on any atom is 0.143 e. The minimum atomic E-state index is -0.554. The van der Waals surface area contributed by atoms with Crippen molar-refractivity contribution in [3.05, 3.63) is 452 Å². The number of nitrogens with zero attached hydrogens (tertiary/aromatic N) is 3. The van der Waals surface area contributed by atoms with Gasteiger partial charge in [0, 0.05) is 88.5 Å². The van der Waals surface area contributed by atoms with Gasteiger partial charge in [-0.3, -0.25) is 0 Å². The Labute approximate surface area is 678 Å². The number of para-hydroxylation sites is 4. The predicted octanol–water partition coefficient (Wildman–Crippen LogP) is 30.5. The third-order valence-electron chi connectivity index (χ3n) is 25.1. The molecule has 0 radical (unpaired) electrons. The Hall–Kier alpha value is -15.0. The SMILES string of the molecule is CC1(C)c2ccccc2-c2ccc(N(c3ccc(-c4ccc5c(c4)c4ccccc4n5-c4ccccc4)cc3)c3ccc(-c4cccc5c4oc4ccc(-c6ccc7c(c6)oc6c(-c8ccc(N(c9ccc(-c%10ccccc%10)cc9)c9cccc%10c9-c9ccccc9C%10(c9ccccc9)c9ccccc9)cc8)cccc67)cc45)cc3)cc21. The fourth-order valence-corrected chi connectivity index (χ4v) is 19.6. The lowest BCUT2D eigenvalue weighted by molar-refractivity contribution is 0.660. The van der Waals surface area contributed by atoms with E-state index in [2.05, 4.69) is 447 Å². The molecule has 21 aromatic rings. The average Bonchev–Trinajstić information content (AvgIpc) is 1.53. The van der Waals surface area contributed by atoms with Crippen LogP contribution in [0.25, 0.3) is 149 Å². The molecule has 2 aliphatic carbocycles. The van der Waals surface area contributed by atoms with Crippen LogP contribution in [0.15, 0.2) is 427 Å². The van der Waals surface area contributed by atoms with Crippen LogP contribution in [0.2, 0.25) is 0 Å². The third-order valence-corrected chi connectivity index (χ3v) is 25.1. The molecular formula is C112H75N3O2. The largest absolute Gasteiger partial charge is 0.455 e. The van der Waals surface area contributed by atoms with E-state index >= 15 is 0 Å². The maximum absolute atomic E-state index is 7.08. The van der Waals surface area contributed by atoms with Crippen LogP contribution in [0.3, 0.4) is 0 Å². The number of benzene rings is 18. The second-order valence-corrected chi connectivity index (χ2v) is 31.8. The van der Waals surface area contributed by atoms with Gasteiger partial charge in [0.05, 0.1) is 22.1 Å². The molecule has 5 heteroatoms. The summed E-state index contributed by atoms with van der Waals surface area (Å²) in [6.07, 6.45) is 0. The molecule has 23 rings (SSSR count). The number of fused-ring (bicyclic) bond motifs is 15. The number of rotatable bonds is 14. The highest BCUT2D eigenvalue weighted by molar-refractivity contribution is 6.14. The zero-order chi connectivity index (χ0) is 77.5. The smallest absolute Gasteiger partial charge is 0.143 e. The van der Waals surface area contributed by atoms with Crippen molar-refractivity contribution in [2.45, 2.75) is 24.7 Å². The second-order valence-electron chi connectivity index (χ2n) is 31.8. The fourth-order valence-electron chi connectivity index (χ4n) is 19.6. The summed E-state index contributed by atoms with van der Waals surface area (Å²) in [5.74, 6) is 0. The van der Waals surface area contributed by atoms with Crippen LogP contribution in [0.1, 0.15) is 47.2 Å². The van der Waals surface area contributed by atoms with Crippen molar-refractivity contribution in [1.82, 2.24) is 4.57 Å². The van der Waals surface area contributed by atoms with Crippen LogP contribution in [-0.2, 0) is 10.8 Å². The van der Waals surface area contributed by atoms with E-state index in [4.69, 9.17) is 8.83 Å². The number of anilines is 6. The molecule has 117 heavy (non-hydrogen) atoms. The first-order chi connectivity index (χ1) is 57.8. The molecule has 550 valence electrons. The van der Waals surface area contributed by atoms with Gasteiger partial charge in [-0.25, -0.2) is 0 Å². The molecular weight excluding hydrogens is 1420 g/mol. The van der Waals surface area contributed by atoms with E-state index in [1.165, 1.54) is 94.1 Å². The number of hydrogen-bond donors (Lipinski definition) is 0. The zero-order valence-corrected chi connectivity index (χ0v) is 64.5. The summed E-state index contributed by atoms with van der Waals surface area (Å²) in [7, 11) is 0. The van der Waals surface area contributed by atoms with Crippen molar-refractivity contribution in [3.63, 3.8) is 0 Å². The normalized spacial score (nSPS) is 13.0. The van der Waals surface area contributed by atoms with Gasteiger partial charge in [0.25, 0.3) is 0 Å². The summed E-state index contributed by atoms with van der Waals surface area (Å²) >= 11 is 0. The predicted molar refractivity (Wildman–Crippen MR) is 487 cm³/mol. The van der Waals surface area contributed by atoms with E-state index in [-0.39, 0.29) is 5.41 Å². The van der Waals surface area contributed by atoms with Gasteiger partial charge in [0.1, 0.15) is 22.3 Å². The molecule has 0 atom stereocenters. The Morgan fingerprint density at radius 1 is 0.239 bits per heavy atom. The van der Waals surface area contributed by atoms with Crippen LogP contribution in [0.4, 0.5) is 34.1 Å². The quantitative estimate of drug-likeness (QED) is 0.109. The van der Waals surface area contributed by atoms with E-state index in [1.54, 1.807) is 0 Å². The first kappa shape index (κ1) is 67.6. The summed E-state index contributed by atoms with van der Waals surface area (Å²) in [5.41, 5.74) is 36.4. The average molecular weight is 1490 g/mol. The van der Waals surface area contributed by atoms with Gasteiger partial charge in [-0.15, -0.1) is 0 Å². The molecule has 0 bridgehead atoms. The van der Waals surface area contributed by atoms with Crippen molar-refractivity contribution in [2.24, 2.45) is 0 Å². The highest BCUT2D eigenvalue weighted by atomic mass is 16.3. The first-order valence-corrected chi connectivity index (χ1v) is 40.4. The lowest BCUT2D eigenvalue weighted by Gasteiger charge is -2.34. The van der Waals surface area contributed by atoms with Crippen LogP contribution < -0.4 is 9.80 Å². The molecule has 0 amide bonds. The van der Waals surface area contributed by atoms with Crippen molar-refractivity contribution in [2.75, 3.05) is 9.80 Å². The topological polar surface area (TPSA) is 37.7 Å². The van der Waals surface area contributed by atoms with Crippen LogP contribution in [0.5, 0.6) is 0 Å². The monoisotopic (exact) mass is 1490 g/mol. The summed E-state index contributed by atoms with van der Waals surface area (Å²) < 4.78 is 16.4. The van der Waals surface area contributed by atoms with E-state index < -0.39 is 5.41 Å². The summed E-state index contributed by atoms with van der Waals surface area (Å²) in [6, 6.07) is 153. The molecule has 0 N–H and O–H groups in total. The molecule has 0 unspecified atom stereocenters. The van der Waals surface area contributed by atoms with E-state index in [0.717, 1.165) is 123 Å². The van der Waals surface area contributed by atoms with Crippen molar-refractivity contribution >= 4 is 99.8 Å². The van der Waals surface area contributed by atoms with E-state index in [1.807, 2.05) is 0 Å². The third kappa shape index (κ3) is 10.7. The Bertz CT molecular complexity index is 7450. The molecule has 0 aliphatic heterocycles. The van der Waals surface area contributed by atoms with Crippen molar-refractivity contribution in [1.29, 1.82) is 0 Å². The Kier molecular flexibility index (Phi) is 15.5. The van der Waals surface area contributed by atoms with Gasteiger partial charge in [0.15, 0.2) is 0 Å². The van der Waals surface area contributed by atoms with Gasteiger partial charge in [-0.05, 0) is 216 Å². The molecule has 5 nitrogen and oxygen atoms in total.